The summed E-state index contributed by atoms with van der Waals surface area (Å²) in [6.45, 7) is 0.381. The van der Waals surface area contributed by atoms with Gasteiger partial charge in [-0.2, -0.15) is 5.26 Å². The Morgan fingerprint density at radius 3 is 2.27 bits per heavy atom. The van der Waals surface area contributed by atoms with Crippen molar-refractivity contribution in [3.8, 4) is 17.2 Å². The van der Waals surface area contributed by atoms with Crippen LogP contribution in [0.25, 0.3) is 11.1 Å². The number of anilines is 1. The first-order chi connectivity index (χ1) is 19.3. The smallest absolute Gasteiger partial charge is 0.239 e. The lowest BCUT2D eigenvalue weighted by Gasteiger charge is -2.39. The molecule has 202 valence electrons. The summed E-state index contributed by atoms with van der Waals surface area (Å²) in [5, 5.41) is 12.5. The summed E-state index contributed by atoms with van der Waals surface area (Å²) in [6, 6.07) is 28.2. The van der Waals surface area contributed by atoms with E-state index in [0.29, 0.717) is 34.8 Å². The molecule has 1 N–H and O–H groups in total. The third-order valence-corrected chi connectivity index (χ3v) is 9.35. The zero-order valence-corrected chi connectivity index (χ0v) is 23.7. The maximum absolute atomic E-state index is 14.1. The van der Waals surface area contributed by atoms with Gasteiger partial charge in [0.15, 0.2) is 0 Å². The minimum absolute atomic E-state index is 0.0562. The molecule has 0 spiro atoms. The molecule has 0 aliphatic carbocycles. The fraction of sp³-hybridized carbons (Fsp3) is 0.161. The van der Waals surface area contributed by atoms with Crippen molar-refractivity contribution in [2.24, 2.45) is 0 Å². The van der Waals surface area contributed by atoms with Crippen LogP contribution in [0.15, 0.2) is 91.0 Å². The number of sulfonamides is 1. The molecule has 9 heteroatoms. The van der Waals surface area contributed by atoms with E-state index < -0.39 is 16.1 Å². The summed E-state index contributed by atoms with van der Waals surface area (Å²) in [7, 11) is -3.96. The summed E-state index contributed by atoms with van der Waals surface area (Å²) >= 11 is 12.2. The van der Waals surface area contributed by atoms with Crippen molar-refractivity contribution >= 4 is 44.8 Å². The number of rotatable bonds is 8. The summed E-state index contributed by atoms with van der Waals surface area (Å²) in [4.78, 5) is 13.2. The van der Waals surface area contributed by atoms with Gasteiger partial charge >= 0.3 is 0 Å². The second-order valence-electron chi connectivity index (χ2n) is 9.53. The number of benzene rings is 4. The zero-order chi connectivity index (χ0) is 28.3. The third kappa shape index (κ3) is 5.85. The molecule has 1 unspecified atom stereocenters. The number of hydrogen-bond donors (Lipinski definition) is 1. The quantitative estimate of drug-likeness (QED) is 0.248. The minimum Gasteiger partial charge on any atom is -0.356 e. The highest BCUT2D eigenvalue weighted by Gasteiger charge is 2.39. The molecule has 1 atom stereocenters. The molecule has 0 saturated carbocycles. The van der Waals surface area contributed by atoms with Crippen LogP contribution in [0, 0.1) is 11.3 Å². The van der Waals surface area contributed by atoms with Crippen molar-refractivity contribution in [1.82, 2.24) is 5.32 Å². The molecule has 1 heterocycles. The Morgan fingerprint density at radius 2 is 1.55 bits per heavy atom. The number of nitrogens with zero attached hydrogens (tertiary/aromatic N) is 2. The minimum atomic E-state index is -3.96. The van der Waals surface area contributed by atoms with Crippen molar-refractivity contribution in [1.29, 1.82) is 5.26 Å². The first-order valence-corrected chi connectivity index (χ1v) is 15.0. The molecule has 40 heavy (non-hydrogen) atoms. The van der Waals surface area contributed by atoms with E-state index in [1.165, 1.54) is 4.31 Å². The van der Waals surface area contributed by atoms with E-state index in [0.717, 1.165) is 22.3 Å². The molecule has 0 bridgehead atoms. The van der Waals surface area contributed by atoms with Gasteiger partial charge in [-0.05, 0) is 59.0 Å². The van der Waals surface area contributed by atoms with E-state index >= 15 is 0 Å². The standard InChI is InChI=1S/C31H25Cl2N3O3S/c32-27-14-13-23(17-28(27)33)20-40(38,39)36-29-8-4-3-6-25(29)24-5-1-2-7-26(24)30(36)18-31(37)35-16-15-21-9-11-22(19-34)12-10-21/h1-14,17,30H,15-16,18,20H2,(H,35,37). The number of hydrogen-bond acceptors (Lipinski definition) is 4. The lowest BCUT2D eigenvalue weighted by molar-refractivity contribution is -0.121. The number of nitrogens with one attached hydrogen (secondary N) is 1. The summed E-state index contributed by atoms with van der Waals surface area (Å²) in [5.41, 5.74) is 5.03. The van der Waals surface area contributed by atoms with Crippen LogP contribution in [0.3, 0.4) is 0 Å². The molecular formula is C31H25Cl2N3O3S. The highest BCUT2D eigenvalue weighted by atomic mass is 35.5. The van der Waals surface area contributed by atoms with E-state index in [1.54, 1.807) is 42.5 Å². The molecule has 4 aromatic rings. The van der Waals surface area contributed by atoms with Gasteiger partial charge in [-0.1, -0.05) is 83.9 Å². The summed E-state index contributed by atoms with van der Waals surface area (Å²) in [5.74, 6) is -0.570. The van der Waals surface area contributed by atoms with Gasteiger partial charge in [-0.15, -0.1) is 0 Å². The van der Waals surface area contributed by atoms with Crippen molar-refractivity contribution in [2.75, 3.05) is 10.8 Å². The van der Waals surface area contributed by atoms with Crippen LogP contribution in [0.1, 0.15) is 34.7 Å². The maximum Gasteiger partial charge on any atom is 0.239 e. The van der Waals surface area contributed by atoms with Crippen molar-refractivity contribution in [3.63, 3.8) is 0 Å². The lowest BCUT2D eigenvalue weighted by Crippen LogP contribution is -2.41. The molecule has 0 aromatic heterocycles. The van der Waals surface area contributed by atoms with Crippen LogP contribution in [-0.4, -0.2) is 20.9 Å². The molecule has 0 fully saturated rings. The van der Waals surface area contributed by atoms with E-state index in [2.05, 4.69) is 11.4 Å². The Morgan fingerprint density at radius 1 is 0.875 bits per heavy atom. The molecule has 1 amide bonds. The van der Waals surface area contributed by atoms with E-state index in [1.807, 2.05) is 48.5 Å². The number of fused-ring (bicyclic) bond motifs is 3. The van der Waals surface area contributed by atoms with E-state index in [4.69, 9.17) is 28.5 Å². The largest absolute Gasteiger partial charge is 0.356 e. The number of carbonyl (C=O) groups is 1. The summed E-state index contributed by atoms with van der Waals surface area (Å²) in [6.07, 6.45) is 0.528. The Balaban J connectivity index is 1.44. The van der Waals surface area contributed by atoms with Gasteiger partial charge < -0.3 is 5.32 Å². The predicted molar refractivity (Wildman–Crippen MR) is 159 cm³/mol. The van der Waals surface area contributed by atoms with Gasteiger partial charge in [0.2, 0.25) is 15.9 Å². The molecule has 0 saturated heterocycles. The molecule has 5 rings (SSSR count). The van der Waals surface area contributed by atoms with Crippen molar-refractivity contribution in [3.05, 3.63) is 123 Å². The first-order valence-electron chi connectivity index (χ1n) is 12.7. The fourth-order valence-electron chi connectivity index (χ4n) is 5.01. The molecule has 1 aliphatic heterocycles. The van der Waals surface area contributed by atoms with Crippen molar-refractivity contribution in [2.45, 2.75) is 24.6 Å². The number of amides is 1. The van der Waals surface area contributed by atoms with Gasteiger partial charge in [-0.3, -0.25) is 9.10 Å². The topological polar surface area (TPSA) is 90.3 Å². The van der Waals surface area contributed by atoms with Gasteiger partial charge in [0.05, 0.1) is 45.6 Å². The lowest BCUT2D eigenvalue weighted by atomic mass is 9.88. The third-order valence-electron chi connectivity index (χ3n) is 6.86. The van der Waals surface area contributed by atoms with Crippen molar-refractivity contribution < 1.29 is 13.2 Å². The molecule has 6 nitrogen and oxygen atoms in total. The van der Waals surface area contributed by atoms with Gasteiger partial charge in [0, 0.05) is 12.1 Å². The van der Waals surface area contributed by atoms with E-state index in [9.17, 15) is 13.2 Å². The average molecular weight is 591 g/mol. The Bertz CT molecular complexity index is 1720. The van der Waals surface area contributed by atoms with Gasteiger partial charge in [0.1, 0.15) is 0 Å². The second kappa shape index (κ2) is 11.7. The van der Waals surface area contributed by atoms with E-state index in [-0.39, 0.29) is 23.1 Å². The molecule has 0 radical (unpaired) electrons. The second-order valence-corrected chi connectivity index (χ2v) is 12.2. The number of para-hydroxylation sites is 1. The highest BCUT2D eigenvalue weighted by molar-refractivity contribution is 7.92. The highest BCUT2D eigenvalue weighted by Crippen LogP contribution is 2.47. The molecule has 4 aromatic carbocycles. The molecular weight excluding hydrogens is 565 g/mol. The van der Waals surface area contributed by atoms with Crippen LogP contribution in [-0.2, 0) is 27.0 Å². The average Bonchev–Trinajstić information content (AvgIpc) is 2.95. The SMILES string of the molecule is N#Cc1ccc(CCNC(=O)CC2c3ccccc3-c3ccccc3N2S(=O)(=O)Cc2ccc(Cl)c(Cl)c2)cc1. The monoisotopic (exact) mass is 589 g/mol. The number of carbonyl (C=O) groups excluding carboxylic acids is 1. The van der Waals surface area contributed by atoms with Crippen LogP contribution in [0.2, 0.25) is 10.0 Å². The number of halogens is 2. The van der Waals surface area contributed by atoms with Gasteiger partial charge in [-0.25, -0.2) is 8.42 Å². The van der Waals surface area contributed by atoms with Gasteiger partial charge in [0.25, 0.3) is 0 Å². The Hall–Kier alpha value is -3.83. The van der Waals surface area contributed by atoms with Crippen LogP contribution >= 0.6 is 23.2 Å². The zero-order valence-electron chi connectivity index (χ0n) is 21.3. The first kappa shape index (κ1) is 27.7. The Kier molecular flexibility index (Phi) is 8.13. The number of nitriles is 1. The van der Waals surface area contributed by atoms with Crippen LogP contribution < -0.4 is 9.62 Å². The summed E-state index contributed by atoms with van der Waals surface area (Å²) < 4.78 is 29.5. The fourth-order valence-corrected chi connectivity index (χ4v) is 7.10. The maximum atomic E-state index is 14.1. The van der Waals surface area contributed by atoms with Crippen LogP contribution in [0.4, 0.5) is 5.69 Å². The van der Waals surface area contributed by atoms with Crippen LogP contribution in [0.5, 0.6) is 0 Å². The normalized spacial score (nSPS) is 14.1. The predicted octanol–water partition coefficient (Wildman–Crippen LogP) is 6.67. The Labute approximate surface area is 243 Å². The molecule has 1 aliphatic rings.